The van der Waals surface area contributed by atoms with E-state index in [1.165, 1.54) is 31.0 Å². The van der Waals surface area contributed by atoms with Crippen molar-refractivity contribution in [3.05, 3.63) is 33.8 Å². The third-order valence-corrected chi connectivity index (χ3v) is 8.32. The molecule has 0 aromatic heterocycles. The molecule has 4 amide bonds. The lowest BCUT2D eigenvalue weighted by molar-refractivity contribution is -0.140. The Morgan fingerprint density at radius 1 is 0.938 bits per heavy atom. The van der Waals surface area contributed by atoms with E-state index >= 15 is 0 Å². The molecular formula is C23H23BrN2O6. The largest absolute Gasteiger partial charge is 0.503 e. The highest BCUT2D eigenvalue weighted by Crippen LogP contribution is 2.58. The van der Waals surface area contributed by atoms with Gasteiger partial charge in [-0.2, -0.15) is 0 Å². The number of likely N-dealkylation sites (tertiary alicyclic amines) is 2. The number of hydrogen-bond donors (Lipinski definition) is 1. The summed E-state index contributed by atoms with van der Waals surface area (Å²) in [6.07, 6.45) is 2.78. The Morgan fingerprint density at radius 2 is 1.56 bits per heavy atom. The SMILES string of the molecule is COc1cc(C2C3=CCC4C(=O)N(C)C(=O)C4C3CC3C(=O)N(C)C(=O)C32)cc(Br)c1O. The van der Waals surface area contributed by atoms with Crippen LogP contribution in [0.2, 0.25) is 0 Å². The lowest BCUT2D eigenvalue weighted by atomic mass is 9.57. The molecular weight excluding hydrogens is 480 g/mol. The monoisotopic (exact) mass is 502 g/mol. The number of carbonyl (C=O) groups is 4. The maximum absolute atomic E-state index is 13.2. The van der Waals surface area contributed by atoms with Crippen LogP contribution in [-0.4, -0.2) is 59.7 Å². The number of nitrogens with zero attached hydrogens (tertiary/aromatic N) is 2. The van der Waals surface area contributed by atoms with Crippen molar-refractivity contribution in [1.82, 2.24) is 9.80 Å². The Morgan fingerprint density at radius 3 is 2.22 bits per heavy atom. The highest BCUT2D eigenvalue weighted by atomic mass is 79.9. The van der Waals surface area contributed by atoms with Crippen LogP contribution in [0.5, 0.6) is 11.5 Å². The molecule has 4 aliphatic rings. The van der Waals surface area contributed by atoms with Crippen LogP contribution in [0.3, 0.4) is 0 Å². The first kappa shape index (κ1) is 21.2. The van der Waals surface area contributed by atoms with Gasteiger partial charge in [0.2, 0.25) is 23.6 Å². The standard InChI is InChI=1S/C23H23BrN2O6/c1-25-20(28)11-5-4-10-12(17(11)22(25)30)8-13-18(23(31)26(2)21(13)29)16(10)9-6-14(24)19(27)15(7-9)32-3/h4,6-7,11-13,16-18,27H,5,8H2,1-3H3. The van der Waals surface area contributed by atoms with Gasteiger partial charge in [0.1, 0.15) is 0 Å². The van der Waals surface area contributed by atoms with Crippen LogP contribution in [0.15, 0.2) is 28.3 Å². The zero-order valence-electron chi connectivity index (χ0n) is 17.9. The Bertz CT molecular complexity index is 1110. The number of phenols is 1. The third kappa shape index (κ3) is 2.66. The van der Waals surface area contributed by atoms with E-state index in [1.54, 1.807) is 12.1 Å². The maximum atomic E-state index is 13.2. The number of ether oxygens (including phenoxy) is 1. The Balaban J connectivity index is 1.69. The van der Waals surface area contributed by atoms with E-state index in [4.69, 9.17) is 4.74 Å². The summed E-state index contributed by atoms with van der Waals surface area (Å²) in [6.45, 7) is 0. The number of aromatic hydroxyl groups is 1. The fourth-order valence-electron chi connectivity index (χ4n) is 6.21. The minimum atomic E-state index is -0.599. The van der Waals surface area contributed by atoms with Crippen molar-refractivity contribution in [2.45, 2.75) is 18.8 Å². The molecule has 1 aromatic carbocycles. The zero-order valence-corrected chi connectivity index (χ0v) is 19.5. The summed E-state index contributed by atoms with van der Waals surface area (Å²) >= 11 is 3.36. The number of halogens is 1. The van der Waals surface area contributed by atoms with E-state index in [0.717, 1.165) is 11.1 Å². The number of amides is 4. The van der Waals surface area contributed by atoms with Crippen LogP contribution < -0.4 is 4.74 Å². The third-order valence-electron chi connectivity index (χ3n) is 7.72. The van der Waals surface area contributed by atoms with Crippen molar-refractivity contribution in [2.75, 3.05) is 21.2 Å². The number of methoxy groups -OCH3 is 1. The summed E-state index contributed by atoms with van der Waals surface area (Å²) < 4.78 is 5.73. The summed E-state index contributed by atoms with van der Waals surface area (Å²) in [5.41, 5.74) is 1.64. The summed E-state index contributed by atoms with van der Waals surface area (Å²) in [7, 11) is 4.44. The van der Waals surface area contributed by atoms with Crippen LogP contribution in [0.1, 0.15) is 24.3 Å². The topological polar surface area (TPSA) is 104 Å². The summed E-state index contributed by atoms with van der Waals surface area (Å²) in [4.78, 5) is 54.2. The minimum absolute atomic E-state index is 0.0537. The summed E-state index contributed by atoms with van der Waals surface area (Å²) in [5.74, 6) is -3.58. The number of rotatable bonds is 2. The first-order valence-corrected chi connectivity index (χ1v) is 11.4. The molecule has 8 nitrogen and oxygen atoms in total. The van der Waals surface area contributed by atoms with Gasteiger partial charge in [0.25, 0.3) is 0 Å². The number of allylic oxidation sites excluding steroid dienone is 2. The number of carbonyl (C=O) groups excluding carboxylic acids is 4. The normalized spacial score (nSPS) is 33.8. The molecule has 5 rings (SSSR count). The van der Waals surface area contributed by atoms with Crippen LogP contribution >= 0.6 is 15.9 Å². The average Bonchev–Trinajstić information content (AvgIpc) is 3.14. The second-order valence-corrected chi connectivity index (χ2v) is 9.90. The highest BCUT2D eigenvalue weighted by molar-refractivity contribution is 9.10. The van der Waals surface area contributed by atoms with Crippen molar-refractivity contribution in [1.29, 1.82) is 0 Å². The summed E-state index contributed by atoms with van der Waals surface area (Å²) in [6, 6.07) is 3.42. The van der Waals surface area contributed by atoms with Crippen molar-refractivity contribution in [2.24, 2.45) is 29.6 Å². The molecule has 2 saturated heterocycles. The molecule has 32 heavy (non-hydrogen) atoms. The predicted molar refractivity (Wildman–Crippen MR) is 115 cm³/mol. The Hall–Kier alpha value is -2.68. The van der Waals surface area contributed by atoms with E-state index in [1.807, 2.05) is 6.08 Å². The molecule has 2 aliphatic heterocycles. The number of phenolic OH excluding ortho intramolecular Hbond substituents is 1. The number of imide groups is 2. The van der Waals surface area contributed by atoms with Crippen LogP contribution in [0, 0.1) is 29.6 Å². The maximum Gasteiger partial charge on any atom is 0.233 e. The molecule has 168 valence electrons. The van der Waals surface area contributed by atoms with Gasteiger partial charge in [0.15, 0.2) is 11.5 Å². The van der Waals surface area contributed by atoms with E-state index in [0.29, 0.717) is 17.3 Å². The van der Waals surface area contributed by atoms with Gasteiger partial charge in [0, 0.05) is 20.0 Å². The van der Waals surface area contributed by atoms with E-state index in [-0.39, 0.29) is 41.0 Å². The molecule has 0 bridgehead atoms. The minimum Gasteiger partial charge on any atom is -0.503 e. The number of benzene rings is 1. The van der Waals surface area contributed by atoms with Crippen molar-refractivity contribution >= 4 is 39.6 Å². The second kappa shape index (κ2) is 7.16. The molecule has 0 radical (unpaired) electrons. The molecule has 3 fully saturated rings. The van der Waals surface area contributed by atoms with Crippen LogP contribution in [0.4, 0.5) is 0 Å². The average molecular weight is 503 g/mol. The molecule has 2 heterocycles. The number of hydrogen-bond acceptors (Lipinski definition) is 6. The molecule has 9 heteroatoms. The molecule has 1 N–H and O–H groups in total. The quantitative estimate of drug-likeness (QED) is 0.490. The lowest BCUT2D eigenvalue weighted by Crippen LogP contribution is -2.42. The molecule has 2 aliphatic carbocycles. The van der Waals surface area contributed by atoms with Gasteiger partial charge in [-0.15, -0.1) is 0 Å². The van der Waals surface area contributed by atoms with E-state index < -0.39 is 29.6 Å². The lowest BCUT2D eigenvalue weighted by Gasteiger charge is -2.44. The molecule has 6 atom stereocenters. The van der Waals surface area contributed by atoms with Gasteiger partial charge < -0.3 is 9.84 Å². The van der Waals surface area contributed by atoms with Gasteiger partial charge in [-0.05, 0) is 52.4 Å². The smallest absolute Gasteiger partial charge is 0.233 e. The Kier molecular flexibility index (Phi) is 4.74. The van der Waals surface area contributed by atoms with Gasteiger partial charge in [-0.3, -0.25) is 29.0 Å². The predicted octanol–water partition coefficient (Wildman–Crippen LogP) is 2.06. The van der Waals surface area contributed by atoms with Crippen molar-refractivity contribution < 1.29 is 29.0 Å². The number of fused-ring (bicyclic) bond motifs is 4. The molecule has 6 unspecified atom stereocenters. The fraction of sp³-hybridized carbons (Fsp3) is 0.478. The Labute approximate surface area is 193 Å². The zero-order chi connectivity index (χ0) is 23.1. The molecule has 1 aromatic rings. The van der Waals surface area contributed by atoms with Crippen LogP contribution in [0.25, 0.3) is 0 Å². The molecule has 1 saturated carbocycles. The fourth-order valence-corrected chi connectivity index (χ4v) is 6.67. The van der Waals surface area contributed by atoms with Crippen LogP contribution in [-0.2, 0) is 19.2 Å². The first-order valence-electron chi connectivity index (χ1n) is 10.6. The van der Waals surface area contributed by atoms with Gasteiger partial charge in [-0.1, -0.05) is 11.6 Å². The second-order valence-electron chi connectivity index (χ2n) is 9.05. The van der Waals surface area contributed by atoms with Gasteiger partial charge in [-0.25, -0.2) is 0 Å². The van der Waals surface area contributed by atoms with E-state index in [9.17, 15) is 24.3 Å². The first-order chi connectivity index (χ1) is 15.2. The summed E-state index contributed by atoms with van der Waals surface area (Å²) in [5, 5.41) is 10.3. The van der Waals surface area contributed by atoms with E-state index in [2.05, 4.69) is 15.9 Å². The van der Waals surface area contributed by atoms with Crippen molar-refractivity contribution in [3.63, 3.8) is 0 Å². The van der Waals surface area contributed by atoms with Crippen molar-refractivity contribution in [3.8, 4) is 11.5 Å². The van der Waals surface area contributed by atoms with Gasteiger partial charge >= 0.3 is 0 Å². The van der Waals surface area contributed by atoms with Gasteiger partial charge in [0.05, 0.1) is 35.3 Å². The highest BCUT2D eigenvalue weighted by Gasteiger charge is 2.61. The molecule has 0 spiro atoms.